The zero-order chi connectivity index (χ0) is 17.6. The van der Waals surface area contributed by atoms with Gasteiger partial charge >= 0.3 is 6.09 Å². The lowest BCUT2D eigenvalue weighted by atomic mass is 9.55. The number of carboxylic acid groups (broad SMARTS) is 1. The molecule has 1 amide bonds. The smallest absolute Gasteiger partial charge is 0.407 e. The van der Waals surface area contributed by atoms with E-state index in [0.717, 1.165) is 31.9 Å². The molecule has 2 rings (SSSR count). The average Bonchev–Trinajstić information content (AvgIpc) is 2.32. The molecule has 1 saturated carbocycles. The average molecular weight is 347 g/mol. The van der Waals surface area contributed by atoms with Crippen LogP contribution in [-0.4, -0.2) is 49.5 Å². The van der Waals surface area contributed by atoms with Crippen LogP contribution in [0.4, 0.5) is 4.79 Å². The van der Waals surface area contributed by atoms with Crippen LogP contribution in [0.15, 0.2) is 0 Å². The first kappa shape index (κ1) is 18.5. The molecular formula is C16H29NO5S. The Morgan fingerprint density at radius 1 is 1.30 bits per heavy atom. The summed E-state index contributed by atoms with van der Waals surface area (Å²) in [4.78, 5) is 13.0. The Morgan fingerprint density at radius 2 is 1.83 bits per heavy atom. The largest absolute Gasteiger partial charge is 0.465 e. The molecule has 23 heavy (non-hydrogen) atoms. The second-order valence-corrected chi connectivity index (χ2v) is 9.99. The normalized spacial score (nSPS) is 33.3. The monoisotopic (exact) mass is 347 g/mol. The fourth-order valence-electron chi connectivity index (χ4n) is 4.77. The number of rotatable bonds is 3. The molecule has 0 radical (unpaired) electrons. The molecule has 1 N–H and O–H groups in total. The number of hydrogen-bond acceptors (Lipinski definition) is 4. The van der Waals surface area contributed by atoms with E-state index in [0.29, 0.717) is 6.54 Å². The molecule has 1 saturated heterocycles. The summed E-state index contributed by atoms with van der Waals surface area (Å²) in [7, 11) is -3.43. The number of nitrogens with zero attached hydrogens (tertiary/aromatic N) is 1. The number of amides is 1. The van der Waals surface area contributed by atoms with Gasteiger partial charge in [0.2, 0.25) is 0 Å². The molecule has 0 aromatic rings. The lowest BCUT2D eigenvalue weighted by molar-refractivity contribution is -0.134. The van der Waals surface area contributed by atoms with E-state index in [4.69, 9.17) is 4.18 Å². The molecule has 1 aliphatic carbocycles. The predicted molar refractivity (Wildman–Crippen MR) is 87.8 cm³/mol. The van der Waals surface area contributed by atoms with Gasteiger partial charge in [0.1, 0.15) is 0 Å². The molecule has 1 aliphatic heterocycles. The van der Waals surface area contributed by atoms with Crippen LogP contribution >= 0.6 is 0 Å². The summed E-state index contributed by atoms with van der Waals surface area (Å²) in [5, 5.41) is 9.39. The van der Waals surface area contributed by atoms with E-state index >= 15 is 0 Å². The van der Waals surface area contributed by atoms with Crippen molar-refractivity contribution in [3.05, 3.63) is 0 Å². The van der Waals surface area contributed by atoms with Crippen LogP contribution in [-0.2, 0) is 14.3 Å². The van der Waals surface area contributed by atoms with Crippen LogP contribution in [0.2, 0.25) is 0 Å². The summed E-state index contributed by atoms with van der Waals surface area (Å²) < 4.78 is 27.7. The van der Waals surface area contributed by atoms with Crippen LogP contribution < -0.4 is 0 Å². The third kappa shape index (κ3) is 3.82. The maximum Gasteiger partial charge on any atom is 0.407 e. The third-order valence-corrected chi connectivity index (χ3v) is 6.11. The molecule has 0 aromatic heterocycles. The summed E-state index contributed by atoms with van der Waals surface area (Å²) in [5.41, 5.74) is -0.0592. The zero-order valence-corrected chi connectivity index (χ0v) is 15.5. The first-order valence-corrected chi connectivity index (χ1v) is 10.1. The van der Waals surface area contributed by atoms with Crippen LogP contribution in [0, 0.1) is 16.7 Å². The Labute approximate surface area is 139 Å². The van der Waals surface area contributed by atoms with Gasteiger partial charge in [-0.3, -0.25) is 4.18 Å². The van der Waals surface area contributed by atoms with Crippen LogP contribution in [0.5, 0.6) is 0 Å². The van der Waals surface area contributed by atoms with Crippen LogP contribution in [0.25, 0.3) is 0 Å². The predicted octanol–water partition coefficient (Wildman–Crippen LogP) is 2.94. The van der Waals surface area contributed by atoms with Gasteiger partial charge < -0.3 is 10.0 Å². The van der Waals surface area contributed by atoms with E-state index in [1.54, 1.807) is 4.90 Å². The Balaban J connectivity index is 2.04. The van der Waals surface area contributed by atoms with Gasteiger partial charge in [0, 0.05) is 18.0 Å². The number of hydrogen-bond donors (Lipinski definition) is 1. The molecule has 0 aromatic carbocycles. The van der Waals surface area contributed by atoms with E-state index in [-0.39, 0.29) is 28.9 Å². The van der Waals surface area contributed by atoms with Gasteiger partial charge in [-0.15, -0.1) is 0 Å². The van der Waals surface area contributed by atoms with Crippen LogP contribution in [0.1, 0.15) is 53.4 Å². The van der Waals surface area contributed by atoms with Gasteiger partial charge in [0.05, 0.1) is 12.4 Å². The van der Waals surface area contributed by atoms with E-state index in [1.165, 1.54) is 0 Å². The minimum absolute atomic E-state index is 0.0274. The van der Waals surface area contributed by atoms with Gasteiger partial charge in [-0.05, 0) is 43.9 Å². The highest BCUT2D eigenvalue weighted by molar-refractivity contribution is 7.86. The quantitative estimate of drug-likeness (QED) is 0.794. The molecule has 2 fully saturated rings. The van der Waals surface area contributed by atoms with Crippen molar-refractivity contribution in [2.75, 3.05) is 12.8 Å². The van der Waals surface area contributed by atoms with E-state index in [2.05, 4.69) is 20.8 Å². The minimum Gasteiger partial charge on any atom is -0.465 e. The molecule has 1 spiro atoms. The maximum atomic E-state index is 11.4. The first-order chi connectivity index (χ1) is 10.4. The molecule has 2 unspecified atom stereocenters. The topological polar surface area (TPSA) is 83.9 Å². The van der Waals surface area contributed by atoms with E-state index in [1.807, 2.05) is 6.92 Å². The lowest BCUT2D eigenvalue weighted by Crippen LogP contribution is -2.71. The highest BCUT2D eigenvalue weighted by Crippen LogP contribution is 2.56. The minimum atomic E-state index is -3.43. The van der Waals surface area contributed by atoms with Crippen molar-refractivity contribution in [1.82, 2.24) is 4.90 Å². The summed E-state index contributed by atoms with van der Waals surface area (Å²) in [6.07, 6.45) is 3.56. The van der Waals surface area contributed by atoms with Crippen molar-refractivity contribution in [3.63, 3.8) is 0 Å². The molecular weight excluding hydrogens is 318 g/mol. The Bertz CT molecular complexity index is 558. The molecule has 1 heterocycles. The third-order valence-electron chi connectivity index (χ3n) is 5.46. The molecule has 0 bridgehead atoms. The lowest BCUT2D eigenvalue weighted by Gasteiger charge is -2.63. The second kappa shape index (κ2) is 5.92. The van der Waals surface area contributed by atoms with Gasteiger partial charge in [-0.25, -0.2) is 4.79 Å². The Hall–Kier alpha value is -0.820. The number of likely N-dealkylation sites (tertiary alicyclic amines) is 1. The van der Waals surface area contributed by atoms with Crippen LogP contribution in [0.3, 0.4) is 0 Å². The van der Waals surface area contributed by atoms with Crippen molar-refractivity contribution in [3.8, 4) is 0 Å². The molecule has 7 heteroatoms. The summed E-state index contributed by atoms with van der Waals surface area (Å²) in [6.45, 7) is 8.69. The zero-order valence-electron chi connectivity index (χ0n) is 14.7. The first-order valence-electron chi connectivity index (χ1n) is 8.23. The van der Waals surface area contributed by atoms with Gasteiger partial charge in [0.25, 0.3) is 10.1 Å². The maximum absolute atomic E-state index is 11.4. The van der Waals surface area contributed by atoms with E-state index in [9.17, 15) is 18.3 Å². The fraction of sp³-hybridized carbons (Fsp3) is 0.938. The molecule has 2 aliphatic rings. The van der Waals surface area contributed by atoms with Crippen molar-refractivity contribution in [2.24, 2.45) is 16.7 Å². The summed E-state index contributed by atoms with van der Waals surface area (Å²) in [5.74, 6) is 0.217. The van der Waals surface area contributed by atoms with Gasteiger partial charge in [-0.2, -0.15) is 8.42 Å². The highest BCUT2D eigenvalue weighted by atomic mass is 32.2. The standard InChI is InChI=1S/C16H29NO5S/c1-11(22-23(5,20)21)12-6-8-16(9-7-12)10-17(14(18)19)13(16)15(2,3)4/h11-13H,6-10H2,1-5H3,(H,18,19). The second-order valence-electron chi connectivity index (χ2n) is 8.38. The SMILES string of the molecule is CC(OS(C)(=O)=O)C1CCC2(CC1)CN(C(=O)O)C2C(C)(C)C. The van der Waals surface area contributed by atoms with Gasteiger partial charge in [0.15, 0.2) is 0 Å². The summed E-state index contributed by atoms with van der Waals surface area (Å²) in [6, 6.07) is 0.0274. The Morgan fingerprint density at radius 3 is 2.22 bits per heavy atom. The van der Waals surface area contributed by atoms with E-state index < -0.39 is 16.2 Å². The molecule has 134 valence electrons. The van der Waals surface area contributed by atoms with Crippen molar-refractivity contribution in [1.29, 1.82) is 0 Å². The summed E-state index contributed by atoms with van der Waals surface area (Å²) >= 11 is 0. The van der Waals surface area contributed by atoms with Crippen molar-refractivity contribution < 1.29 is 22.5 Å². The molecule has 6 nitrogen and oxygen atoms in total. The molecule has 2 atom stereocenters. The Kier molecular flexibility index (Phi) is 4.76. The van der Waals surface area contributed by atoms with Crippen molar-refractivity contribution in [2.45, 2.75) is 65.5 Å². The fourth-order valence-corrected chi connectivity index (χ4v) is 5.48. The number of carbonyl (C=O) groups is 1. The van der Waals surface area contributed by atoms with Crippen molar-refractivity contribution >= 4 is 16.2 Å². The highest BCUT2D eigenvalue weighted by Gasteiger charge is 2.59. The van der Waals surface area contributed by atoms with Gasteiger partial charge in [-0.1, -0.05) is 20.8 Å².